The highest BCUT2D eigenvalue weighted by molar-refractivity contribution is 5.19. The second-order valence-electron chi connectivity index (χ2n) is 4.46. The van der Waals surface area contributed by atoms with Gasteiger partial charge in [-0.2, -0.15) is 4.80 Å². The van der Waals surface area contributed by atoms with Gasteiger partial charge in [0.1, 0.15) is 0 Å². The summed E-state index contributed by atoms with van der Waals surface area (Å²) in [6.45, 7) is 2.57. The van der Waals surface area contributed by atoms with Crippen LogP contribution in [0.2, 0.25) is 0 Å². The van der Waals surface area contributed by atoms with Crippen molar-refractivity contribution in [1.82, 2.24) is 25.6 Å². The highest BCUT2D eigenvalue weighted by Crippen LogP contribution is 2.22. The van der Waals surface area contributed by atoms with Gasteiger partial charge in [-0.15, -0.1) is 10.2 Å². The summed E-state index contributed by atoms with van der Waals surface area (Å²) in [6.07, 6.45) is 0.388. The molecule has 0 aliphatic rings. The van der Waals surface area contributed by atoms with Crippen LogP contribution in [0.15, 0.2) is 30.3 Å². The van der Waals surface area contributed by atoms with Crippen LogP contribution in [0, 0.1) is 0 Å². The molecular weight excluding hydrogens is 256 g/mol. The molecule has 0 aliphatic carbocycles. The third-order valence-electron chi connectivity index (χ3n) is 3.01. The van der Waals surface area contributed by atoms with Gasteiger partial charge < -0.3 is 4.74 Å². The van der Waals surface area contributed by atoms with Crippen molar-refractivity contribution in [3.8, 4) is 0 Å². The number of hydrazine groups is 1. The molecule has 2 aromatic rings. The van der Waals surface area contributed by atoms with Gasteiger partial charge in [0.15, 0.2) is 5.82 Å². The Bertz CT molecular complexity index is 515. The highest BCUT2D eigenvalue weighted by Gasteiger charge is 2.24. The normalized spacial score (nSPS) is 14.2. The van der Waals surface area contributed by atoms with Gasteiger partial charge in [-0.3, -0.25) is 11.3 Å². The van der Waals surface area contributed by atoms with Crippen LogP contribution < -0.4 is 11.3 Å². The molecule has 0 bridgehead atoms. The molecule has 1 heterocycles. The first-order chi connectivity index (χ1) is 9.74. The van der Waals surface area contributed by atoms with Crippen molar-refractivity contribution in [2.45, 2.75) is 25.5 Å². The van der Waals surface area contributed by atoms with E-state index >= 15 is 0 Å². The average molecular weight is 276 g/mol. The van der Waals surface area contributed by atoms with Gasteiger partial charge in [0.05, 0.1) is 19.2 Å². The fraction of sp³-hybridized carbons (Fsp3) is 0.462. The molecule has 2 atom stereocenters. The number of nitrogens with one attached hydrogen (secondary N) is 1. The van der Waals surface area contributed by atoms with Crippen molar-refractivity contribution in [2.24, 2.45) is 12.9 Å². The van der Waals surface area contributed by atoms with Crippen LogP contribution >= 0.6 is 0 Å². The molecule has 1 aromatic heterocycles. The molecule has 2 unspecified atom stereocenters. The first-order valence-corrected chi connectivity index (χ1v) is 6.60. The predicted molar refractivity (Wildman–Crippen MR) is 74.4 cm³/mol. The largest absolute Gasteiger partial charge is 0.372 e. The SMILES string of the molecule is CCOC(c1ccccc1)C(Cc1nnn(C)n1)NN. The Morgan fingerprint density at radius 3 is 2.65 bits per heavy atom. The smallest absolute Gasteiger partial charge is 0.176 e. The van der Waals surface area contributed by atoms with Crippen molar-refractivity contribution >= 4 is 0 Å². The Labute approximate surface area is 118 Å². The van der Waals surface area contributed by atoms with Gasteiger partial charge in [0, 0.05) is 13.0 Å². The molecule has 0 fully saturated rings. The number of aryl methyl sites for hydroxylation is 1. The minimum Gasteiger partial charge on any atom is -0.372 e. The first kappa shape index (κ1) is 14.6. The number of tetrazole rings is 1. The van der Waals surface area contributed by atoms with E-state index in [2.05, 4.69) is 20.8 Å². The molecule has 0 saturated heterocycles. The second-order valence-corrected chi connectivity index (χ2v) is 4.46. The Kier molecular flexibility index (Phi) is 5.16. The lowest BCUT2D eigenvalue weighted by Crippen LogP contribution is -2.42. The Morgan fingerprint density at radius 2 is 2.10 bits per heavy atom. The van der Waals surface area contributed by atoms with E-state index in [1.165, 1.54) is 4.80 Å². The number of hydrogen-bond acceptors (Lipinski definition) is 6. The number of aromatic nitrogens is 4. The van der Waals surface area contributed by atoms with Crippen LogP contribution in [0.25, 0.3) is 0 Å². The van der Waals surface area contributed by atoms with Crippen molar-refractivity contribution in [1.29, 1.82) is 0 Å². The van der Waals surface area contributed by atoms with E-state index in [1.54, 1.807) is 7.05 Å². The van der Waals surface area contributed by atoms with Gasteiger partial charge in [0.2, 0.25) is 0 Å². The minimum absolute atomic E-state index is 0.124. The molecule has 0 spiro atoms. The second kappa shape index (κ2) is 7.09. The summed E-state index contributed by atoms with van der Waals surface area (Å²) in [7, 11) is 1.73. The lowest BCUT2D eigenvalue weighted by atomic mass is 10.00. The van der Waals surface area contributed by atoms with Crippen molar-refractivity contribution in [2.75, 3.05) is 6.61 Å². The molecule has 0 amide bonds. The van der Waals surface area contributed by atoms with E-state index in [0.717, 1.165) is 5.56 Å². The molecule has 0 aliphatic heterocycles. The number of nitrogens with zero attached hydrogens (tertiary/aromatic N) is 4. The lowest BCUT2D eigenvalue weighted by Gasteiger charge is -2.26. The quantitative estimate of drug-likeness (QED) is 0.560. The van der Waals surface area contributed by atoms with Gasteiger partial charge in [0.25, 0.3) is 0 Å². The van der Waals surface area contributed by atoms with Crippen LogP contribution in [0.1, 0.15) is 24.4 Å². The third kappa shape index (κ3) is 3.60. The maximum atomic E-state index is 5.83. The van der Waals surface area contributed by atoms with Crippen LogP contribution in [-0.2, 0) is 18.2 Å². The summed E-state index contributed by atoms with van der Waals surface area (Å²) in [5.74, 6) is 6.32. The zero-order valence-corrected chi connectivity index (χ0v) is 11.7. The molecule has 0 saturated carbocycles. The third-order valence-corrected chi connectivity index (χ3v) is 3.01. The molecule has 20 heavy (non-hydrogen) atoms. The number of hydrogen-bond donors (Lipinski definition) is 2. The van der Waals surface area contributed by atoms with Gasteiger partial charge in [-0.25, -0.2) is 0 Å². The number of rotatable bonds is 7. The zero-order chi connectivity index (χ0) is 14.4. The molecule has 3 N–H and O–H groups in total. The topological polar surface area (TPSA) is 90.9 Å². The van der Waals surface area contributed by atoms with Crippen LogP contribution in [0.4, 0.5) is 0 Å². The van der Waals surface area contributed by atoms with Gasteiger partial charge in [-0.1, -0.05) is 30.3 Å². The zero-order valence-electron chi connectivity index (χ0n) is 11.7. The highest BCUT2D eigenvalue weighted by atomic mass is 16.5. The van der Waals surface area contributed by atoms with Crippen LogP contribution in [0.5, 0.6) is 0 Å². The summed E-state index contributed by atoms with van der Waals surface area (Å²) in [5.41, 5.74) is 3.87. The van der Waals surface area contributed by atoms with E-state index in [4.69, 9.17) is 10.6 Å². The molecular formula is C13H20N6O. The lowest BCUT2D eigenvalue weighted by molar-refractivity contribution is 0.0327. The van der Waals surface area contributed by atoms with E-state index in [0.29, 0.717) is 18.9 Å². The van der Waals surface area contributed by atoms with E-state index in [-0.39, 0.29) is 12.1 Å². The molecule has 7 heteroatoms. The summed E-state index contributed by atoms with van der Waals surface area (Å²) in [6, 6.07) is 9.86. The Balaban J connectivity index is 2.17. The molecule has 108 valence electrons. The minimum atomic E-state index is -0.157. The summed E-state index contributed by atoms with van der Waals surface area (Å²) >= 11 is 0. The monoisotopic (exact) mass is 276 g/mol. The van der Waals surface area contributed by atoms with E-state index in [9.17, 15) is 0 Å². The molecule has 0 radical (unpaired) electrons. The maximum absolute atomic E-state index is 5.83. The summed E-state index contributed by atoms with van der Waals surface area (Å²) in [5, 5.41) is 12.0. The fourth-order valence-corrected chi connectivity index (χ4v) is 2.12. The fourth-order valence-electron chi connectivity index (χ4n) is 2.12. The first-order valence-electron chi connectivity index (χ1n) is 6.60. The van der Waals surface area contributed by atoms with Crippen molar-refractivity contribution < 1.29 is 4.74 Å². The maximum Gasteiger partial charge on any atom is 0.176 e. The Morgan fingerprint density at radius 1 is 1.35 bits per heavy atom. The van der Waals surface area contributed by atoms with Crippen LogP contribution in [0.3, 0.4) is 0 Å². The van der Waals surface area contributed by atoms with Gasteiger partial charge >= 0.3 is 0 Å². The number of ether oxygens (including phenoxy) is 1. The summed E-state index contributed by atoms with van der Waals surface area (Å²) in [4.78, 5) is 1.43. The summed E-state index contributed by atoms with van der Waals surface area (Å²) < 4.78 is 5.83. The van der Waals surface area contributed by atoms with Crippen molar-refractivity contribution in [3.63, 3.8) is 0 Å². The molecule has 7 nitrogen and oxygen atoms in total. The number of benzene rings is 1. The molecule has 2 rings (SSSR count). The standard InChI is InChI=1S/C13H20N6O/c1-3-20-13(10-7-5-4-6-8-10)11(15-14)9-12-16-18-19(2)17-12/h4-8,11,13,15H,3,9,14H2,1-2H3. The van der Waals surface area contributed by atoms with Crippen molar-refractivity contribution in [3.05, 3.63) is 41.7 Å². The Hall–Kier alpha value is -1.83. The van der Waals surface area contributed by atoms with E-state index < -0.39 is 0 Å². The number of nitrogens with two attached hydrogens (primary N) is 1. The van der Waals surface area contributed by atoms with Crippen LogP contribution in [-0.4, -0.2) is 32.9 Å². The predicted octanol–water partition coefficient (Wildman–Crippen LogP) is 0.362. The average Bonchev–Trinajstić information content (AvgIpc) is 2.89. The molecule has 1 aromatic carbocycles. The van der Waals surface area contributed by atoms with Gasteiger partial charge in [-0.05, 0) is 17.7 Å². The van der Waals surface area contributed by atoms with E-state index in [1.807, 2.05) is 37.3 Å².